The zero-order valence-electron chi connectivity index (χ0n) is 19.3. The molecule has 3 nitrogen and oxygen atoms in total. The van der Waals surface area contributed by atoms with E-state index < -0.39 is 0 Å². The first-order chi connectivity index (χ1) is 13.4. The molecular formula is C25H48NO2+. The van der Waals surface area contributed by atoms with E-state index in [2.05, 4.69) is 13.5 Å². The smallest absolute Gasteiger partial charge is 0.252 e. The van der Waals surface area contributed by atoms with E-state index in [0.29, 0.717) is 17.4 Å². The fourth-order valence-electron chi connectivity index (χ4n) is 3.69. The normalized spacial score (nSPS) is 11.5. The van der Waals surface area contributed by atoms with Crippen LogP contribution in [0.3, 0.4) is 0 Å². The van der Waals surface area contributed by atoms with E-state index in [1.54, 1.807) is 6.08 Å². The molecule has 28 heavy (non-hydrogen) atoms. The lowest BCUT2D eigenvalue weighted by Gasteiger charge is -2.26. The van der Waals surface area contributed by atoms with Gasteiger partial charge in [0.2, 0.25) is 5.78 Å². The molecular weight excluding hydrogens is 346 g/mol. The maximum Gasteiger partial charge on any atom is 0.252 e. The zero-order valence-corrected chi connectivity index (χ0v) is 19.3. The van der Waals surface area contributed by atoms with Crippen LogP contribution in [0.5, 0.6) is 0 Å². The fraction of sp³-hybridized carbons (Fsp3) is 0.840. The van der Waals surface area contributed by atoms with Crippen molar-refractivity contribution in [3.05, 3.63) is 12.7 Å². The molecule has 0 aliphatic carbocycles. The lowest BCUT2D eigenvalue weighted by Crippen LogP contribution is -2.45. The van der Waals surface area contributed by atoms with Gasteiger partial charge in [0.25, 0.3) is 5.78 Å². The summed E-state index contributed by atoms with van der Waals surface area (Å²) in [7, 11) is 3.92. The summed E-state index contributed by atoms with van der Waals surface area (Å²) in [5, 5.41) is 0. The summed E-state index contributed by atoms with van der Waals surface area (Å²) in [6.45, 7) is 6.97. The van der Waals surface area contributed by atoms with Crippen molar-refractivity contribution in [1.29, 1.82) is 0 Å². The van der Waals surface area contributed by atoms with Gasteiger partial charge in [-0.15, -0.1) is 0 Å². The Morgan fingerprint density at radius 2 is 1.07 bits per heavy atom. The van der Waals surface area contributed by atoms with E-state index in [4.69, 9.17) is 0 Å². The number of carbonyl (C=O) groups excluding carboxylic acids is 2. The number of ketones is 2. The Bertz CT molecular complexity index is 415. The number of hydrogen-bond acceptors (Lipinski definition) is 2. The highest BCUT2D eigenvalue weighted by Crippen LogP contribution is 2.14. The van der Waals surface area contributed by atoms with Crippen molar-refractivity contribution in [3.8, 4) is 0 Å². The quantitative estimate of drug-likeness (QED) is 0.0945. The molecule has 0 unspecified atom stereocenters. The molecule has 0 bridgehead atoms. The second-order valence-corrected chi connectivity index (χ2v) is 9.11. The molecule has 0 saturated heterocycles. The van der Waals surface area contributed by atoms with Crippen LogP contribution in [0, 0.1) is 0 Å². The molecule has 0 amide bonds. The largest absolute Gasteiger partial charge is 0.319 e. The molecule has 0 aliphatic rings. The van der Waals surface area contributed by atoms with Crippen molar-refractivity contribution in [2.45, 2.75) is 110 Å². The van der Waals surface area contributed by atoms with E-state index >= 15 is 0 Å². The van der Waals surface area contributed by atoms with Crippen molar-refractivity contribution < 1.29 is 14.1 Å². The second-order valence-electron chi connectivity index (χ2n) is 9.11. The van der Waals surface area contributed by atoms with Gasteiger partial charge in [0.05, 0.1) is 20.6 Å². The van der Waals surface area contributed by atoms with E-state index in [1.807, 2.05) is 14.1 Å². The summed E-state index contributed by atoms with van der Waals surface area (Å²) in [6.07, 6.45) is 21.9. The molecule has 0 spiro atoms. The van der Waals surface area contributed by atoms with Crippen LogP contribution in [0.15, 0.2) is 12.7 Å². The van der Waals surface area contributed by atoms with Crippen LogP contribution < -0.4 is 0 Å². The molecule has 0 aliphatic heterocycles. The number of likely N-dealkylation sites (N-methyl/N-ethyl adjacent to an activating group) is 1. The Labute approximate surface area is 175 Å². The second kappa shape index (κ2) is 18.1. The first kappa shape index (κ1) is 27.0. The van der Waals surface area contributed by atoms with Crippen LogP contribution in [0.2, 0.25) is 0 Å². The number of Topliss-reactive ketones (excluding diaryl/α,β-unsaturated/α-hetero) is 2. The van der Waals surface area contributed by atoms with Crippen molar-refractivity contribution in [2.75, 3.05) is 27.2 Å². The maximum atomic E-state index is 12.0. The average molecular weight is 395 g/mol. The topological polar surface area (TPSA) is 34.1 Å². The molecule has 0 atom stereocenters. The number of quaternary nitrogens is 1. The predicted octanol–water partition coefficient (Wildman–Crippen LogP) is 6.65. The van der Waals surface area contributed by atoms with E-state index in [1.165, 1.54) is 83.5 Å². The Hall–Kier alpha value is -0.960. The van der Waals surface area contributed by atoms with Crippen molar-refractivity contribution in [2.24, 2.45) is 0 Å². The number of unbranched alkanes of at least 4 members (excludes halogenated alkanes) is 14. The standard InChI is InChI=1S/C25H48NO2/c1-5-7-8-9-10-11-12-13-14-15-16-17-18-19-20-21-24(27)25(28)23-26(3,4)22-6-2/h6H,2,5,7-23H2,1,3-4H3/q+1. The van der Waals surface area contributed by atoms with Crippen LogP contribution in [-0.2, 0) is 9.59 Å². The molecule has 0 aromatic carbocycles. The SMILES string of the molecule is C=CC[N+](C)(C)CC(=O)C(=O)CCCCCCCCCCCCCCCCC. The van der Waals surface area contributed by atoms with Crippen LogP contribution >= 0.6 is 0 Å². The monoisotopic (exact) mass is 394 g/mol. The summed E-state index contributed by atoms with van der Waals surface area (Å²) >= 11 is 0. The highest BCUT2D eigenvalue weighted by molar-refractivity contribution is 6.37. The summed E-state index contributed by atoms with van der Waals surface area (Å²) < 4.78 is 0.507. The number of carbonyl (C=O) groups is 2. The Balaban J connectivity index is 3.42. The Morgan fingerprint density at radius 3 is 1.46 bits per heavy atom. The third-order valence-corrected chi connectivity index (χ3v) is 5.51. The molecule has 0 heterocycles. The number of nitrogens with zero attached hydrogens (tertiary/aromatic N) is 1. The highest BCUT2D eigenvalue weighted by atomic mass is 16.2. The predicted molar refractivity (Wildman–Crippen MR) is 122 cm³/mol. The van der Waals surface area contributed by atoms with Crippen molar-refractivity contribution >= 4 is 11.6 Å². The minimum Gasteiger partial charge on any atom is -0.319 e. The molecule has 0 saturated carbocycles. The Morgan fingerprint density at radius 1 is 0.679 bits per heavy atom. The summed E-state index contributed by atoms with van der Waals surface area (Å²) in [6, 6.07) is 0. The summed E-state index contributed by atoms with van der Waals surface area (Å²) in [5.41, 5.74) is 0. The van der Waals surface area contributed by atoms with Crippen LogP contribution in [0.4, 0.5) is 0 Å². The summed E-state index contributed by atoms with van der Waals surface area (Å²) in [4.78, 5) is 24.0. The van der Waals surface area contributed by atoms with Crippen LogP contribution in [-0.4, -0.2) is 43.2 Å². The molecule has 0 aromatic rings. The average Bonchev–Trinajstić information content (AvgIpc) is 2.64. The molecule has 0 aromatic heterocycles. The highest BCUT2D eigenvalue weighted by Gasteiger charge is 2.23. The minimum absolute atomic E-state index is 0.190. The van der Waals surface area contributed by atoms with Gasteiger partial charge in [-0.05, 0) is 12.5 Å². The number of rotatable bonds is 21. The third kappa shape index (κ3) is 17.2. The van der Waals surface area contributed by atoms with Gasteiger partial charge in [0.1, 0.15) is 6.54 Å². The van der Waals surface area contributed by atoms with Gasteiger partial charge in [0.15, 0.2) is 0 Å². The molecule has 164 valence electrons. The lowest BCUT2D eigenvalue weighted by atomic mass is 10.0. The van der Waals surface area contributed by atoms with Gasteiger partial charge in [-0.1, -0.05) is 103 Å². The fourth-order valence-corrected chi connectivity index (χ4v) is 3.69. The van der Waals surface area contributed by atoms with Gasteiger partial charge >= 0.3 is 0 Å². The van der Waals surface area contributed by atoms with E-state index in [0.717, 1.165) is 12.8 Å². The van der Waals surface area contributed by atoms with E-state index in [9.17, 15) is 9.59 Å². The molecule has 0 radical (unpaired) electrons. The first-order valence-corrected chi connectivity index (χ1v) is 11.9. The lowest BCUT2D eigenvalue weighted by molar-refractivity contribution is -0.876. The molecule has 0 rings (SSSR count). The third-order valence-electron chi connectivity index (χ3n) is 5.51. The van der Waals surface area contributed by atoms with Crippen molar-refractivity contribution in [1.82, 2.24) is 0 Å². The van der Waals surface area contributed by atoms with Gasteiger partial charge in [0, 0.05) is 6.42 Å². The zero-order chi connectivity index (χ0) is 21.1. The summed E-state index contributed by atoms with van der Waals surface area (Å²) in [5.74, 6) is -0.415. The maximum absolute atomic E-state index is 12.0. The van der Waals surface area contributed by atoms with Gasteiger partial charge < -0.3 is 4.48 Å². The van der Waals surface area contributed by atoms with Crippen LogP contribution in [0.25, 0.3) is 0 Å². The van der Waals surface area contributed by atoms with Crippen LogP contribution in [0.1, 0.15) is 110 Å². The van der Waals surface area contributed by atoms with Gasteiger partial charge in [-0.2, -0.15) is 0 Å². The molecule has 0 fully saturated rings. The molecule has 3 heteroatoms. The van der Waals surface area contributed by atoms with E-state index in [-0.39, 0.29) is 18.1 Å². The minimum atomic E-state index is -0.225. The Kier molecular flexibility index (Phi) is 17.5. The van der Waals surface area contributed by atoms with Gasteiger partial charge in [-0.25, -0.2) is 0 Å². The van der Waals surface area contributed by atoms with Crippen molar-refractivity contribution in [3.63, 3.8) is 0 Å². The molecule has 0 N–H and O–H groups in total. The van der Waals surface area contributed by atoms with Gasteiger partial charge in [-0.3, -0.25) is 9.59 Å². The number of hydrogen-bond donors (Lipinski definition) is 0. The first-order valence-electron chi connectivity index (χ1n) is 11.9.